The molecular formula is C17H22N2O2. The molecule has 2 N–H and O–H groups in total. The fourth-order valence-electron chi connectivity index (χ4n) is 2.37. The Morgan fingerprint density at radius 1 is 1.24 bits per heavy atom. The Kier molecular flexibility index (Phi) is 4.81. The van der Waals surface area contributed by atoms with Crippen molar-refractivity contribution in [2.45, 2.75) is 40.3 Å². The second-order valence-corrected chi connectivity index (χ2v) is 5.35. The number of carbonyl (C=O) groups is 1. The third-order valence-corrected chi connectivity index (χ3v) is 3.43. The molecule has 2 rings (SSSR count). The van der Waals surface area contributed by atoms with Crippen LogP contribution in [0.5, 0.6) is 0 Å². The first-order chi connectivity index (χ1) is 9.95. The molecule has 1 amide bonds. The molecule has 0 unspecified atom stereocenters. The highest BCUT2D eigenvalue weighted by molar-refractivity contribution is 5.88. The number of benzene rings is 1. The fourth-order valence-corrected chi connectivity index (χ4v) is 2.37. The molecule has 2 aromatic rings. The minimum Gasteiger partial charge on any atom is -0.466 e. The maximum atomic E-state index is 11.0. The summed E-state index contributed by atoms with van der Waals surface area (Å²) in [4.78, 5) is 11.0. The van der Waals surface area contributed by atoms with Crippen molar-refractivity contribution in [2.24, 2.45) is 0 Å². The highest BCUT2D eigenvalue weighted by Crippen LogP contribution is 2.21. The van der Waals surface area contributed by atoms with Crippen LogP contribution in [0.15, 0.2) is 34.7 Å². The van der Waals surface area contributed by atoms with Crippen LogP contribution in [0.3, 0.4) is 0 Å². The van der Waals surface area contributed by atoms with E-state index in [2.05, 4.69) is 23.6 Å². The van der Waals surface area contributed by atoms with Gasteiger partial charge in [-0.05, 0) is 44.5 Å². The molecule has 4 heteroatoms. The van der Waals surface area contributed by atoms with Crippen LogP contribution in [0.1, 0.15) is 42.5 Å². The molecule has 0 saturated heterocycles. The molecule has 0 spiro atoms. The number of hydrogen-bond donors (Lipinski definition) is 2. The molecule has 0 aliphatic carbocycles. The van der Waals surface area contributed by atoms with E-state index in [9.17, 15) is 4.79 Å². The zero-order valence-electron chi connectivity index (χ0n) is 13.0. The van der Waals surface area contributed by atoms with E-state index in [1.807, 2.05) is 38.1 Å². The summed E-state index contributed by atoms with van der Waals surface area (Å²) in [6, 6.07) is 10.2. The molecule has 112 valence electrons. The van der Waals surface area contributed by atoms with Crippen LogP contribution in [0.4, 0.5) is 5.69 Å². The summed E-state index contributed by atoms with van der Waals surface area (Å²) >= 11 is 0. The number of rotatable bonds is 5. The summed E-state index contributed by atoms with van der Waals surface area (Å²) in [6.07, 6.45) is 0. The second kappa shape index (κ2) is 6.59. The predicted molar refractivity (Wildman–Crippen MR) is 84.2 cm³/mol. The van der Waals surface area contributed by atoms with Gasteiger partial charge in [-0.25, -0.2) is 0 Å². The highest BCUT2D eigenvalue weighted by atomic mass is 16.3. The van der Waals surface area contributed by atoms with Crippen molar-refractivity contribution < 1.29 is 9.21 Å². The Bertz CT molecular complexity index is 614. The van der Waals surface area contributed by atoms with Crippen molar-refractivity contribution >= 4 is 11.6 Å². The van der Waals surface area contributed by atoms with E-state index in [1.165, 1.54) is 18.1 Å². The van der Waals surface area contributed by atoms with Gasteiger partial charge in [0.05, 0.1) is 0 Å². The van der Waals surface area contributed by atoms with Gasteiger partial charge in [-0.1, -0.05) is 12.1 Å². The number of carbonyl (C=O) groups excluding carboxylic acids is 1. The van der Waals surface area contributed by atoms with Crippen molar-refractivity contribution in [3.8, 4) is 0 Å². The molecule has 4 nitrogen and oxygen atoms in total. The summed E-state index contributed by atoms with van der Waals surface area (Å²) < 4.78 is 5.56. The van der Waals surface area contributed by atoms with Crippen LogP contribution < -0.4 is 10.6 Å². The van der Waals surface area contributed by atoms with Crippen LogP contribution in [0, 0.1) is 13.8 Å². The molecular weight excluding hydrogens is 264 g/mol. The standard InChI is InChI=1S/C17H22N2O2/c1-11-9-17(13(3)21-11)12(2)18-10-15-5-7-16(8-6-15)19-14(4)20/h5-9,12,18H,10H2,1-4H3,(H,19,20)/t12-/m1/s1. The van der Waals surface area contributed by atoms with Gasteiger partial charge in [0, 0.05) is 30.8 Å². The summed E-state index contributed by atoms with van der Waals surface area (Å²) in [5.74, 6) is 1.85. The van der Waals surface area contributed by atoms with Crippen molar-refractivity contribution in [1.82, 2.24) is 5.32 Å². The molecule has 1 atom stereocenters. The average Bonchev–Trinajstić information content (AvgIpc) is 2.76. The largest absolute Gasteiger partial charge is 0.466 e. The number of amides is 1. The topological polar surface area (TPSA) is 54.3 Å². The minimum absolute atomic E-state index is 0.0553. The first-order valence-electron chi connectivity index (χ1n) is 7.12. The summed E-state index contributed by atoms with van der Waals surface area (Å²) in [6.45, 7) is 8.35. The quantitative estimate of drug-likeness (QED) is 0.881. The van der Waals surface area contributed by atoms with Gasteiger partial charge in [-0.2, -0.15) is 0 Å². The minimum atomic E-state index is -0.0553. The third kappa shape index (κ3) is 4.20. The number of hydrogen-bond acceptors (Lipinski definition) is 3. The molecule has 1 heterocycles. The van der Waals surface area contributed by atoms with E-state index in [0.29, 0.717) is 0 Å². The Balaban J connectivity index is 1.93. The lowest BCUT2D eigenvalue weighted by Gasteiger charge is -2.13. The van der Waals surface area contributed by atoms with E-state index < -0.39 is 0 Å². The molecule has 0 aliphatic heterocycles. The van der Waals surface area contributed by atoms with Crippen LogP contribution in [0.25, 0.3) is 0 Å². The van der Waals surface area contributed by atoms with E-state index in [1.54, 1.807) is 0 Å². The van der Waals surface area contributed by atoms with Gasteiger partial charge in [0.15, 0.2) is 0 Å². The predicted octanol–water partition coefficient (Wildman–Crippen LogP) is 3.71. The highest BCUT2D eigenvalue weighted by Gasteiger charge is 2.11. The molecule has 0 fully saturated rings. The van der Waals surface area contributed by atoms with Gasteiger partial charge in [0.2, 0.25) is 5.91 Å². The lowest BCUT2D eigenvalue weighted by molar-refractivity contribution is -0.114. The van der Waals surface area contributed by atoms with Gasteiger partial charge < -0.3 is 15.1 Å². The van der Waals surface area contributed by atoms with Crippen molar-refractivity contribution in [3.63, 3.8) is 0 Å². The fraction of sp³-hybridized carbons (Fsp3) is 0.353. The molecule has 0 bridgehead atoms. The van der Waals surface area contributed by atoms with Gasteiger partial charge >= 0.3 is 0 Å². The zero-order valence-corrected chi connectivity index (χ0v) is 13.0. The van der Waals surface area contributed by atoms with Crippen LogP contribution >= 0.6 is 0 Å². The maximum Gasteiger partial charge on any atom is 0.221 e. The Hall–Kier alpha value is -2.07. The molecule has 1 aromatic carbocycles. The SMILES string of the molecule is CC(=O)Nc1ccc(CN[C@H](C)c2cc(C)oc2C)cc1. The normalized spacial score (nSPS) is 12.2. The van der Waals surface area contributed by atoms with Crippen LogP contribution in [0.2, 0.25) is 0 Å². The van der Waals surface area contributed by atoms with Crippen molar-refractivity contribution in [3.05, 3.63) is 53.0 Å². The maximum absolute atomic E-state index is 11.0. The van der Waals surface area contributed by atoms with E-state index in [-0.39, 0.29) is 11.9 Å². The average molecular weight is 286 g/mol. The Morgan fingerprint density at radius 3 is 2.43 bits per heavy atom. The molecule has 1 aromatic heterocycles. The molecule has 21 heavy (non-hydrogen) atoms. The number of aryl methyl sites for hydroxylation is 2. The lowest BCUT2D eigenvalue weighted by Crippen LogP contribution is -2.18. The van der Waals surface area contributed by atoms with E-state index in [4.69, 9.17) is 4.42 Å². The Morgan fingerprint density at radius 2 is 1.90 bits per heavy atom. The molecule has 0 aliphatic rings. The third-order valence-electron chi connectivity index (χ3n) is 3.43. The van der Waals surface area contributed by atoms with Gasteiger partial charge in [-0.15, -0.1) is 0 Å². The van der Waals surface area contributed by atoms with E-state index >= 15 is 0 Å². The summed E-state index contributed by atoms with van der Waals surface area (Å²) in [5.41, 5.74) is 3.19. The summed E-state index contributed by atoms with van der Waals surface area (Å²) in [7, 11) is 0. The zero-order chi connectivity index (χ0) is 15.4. The monoisotopic (exact) mass is 286 g/mol. The van der Waals surface area contributed by atoms with E-state index in [0.717, 1.165) is 23.8 Å². The van der Waals surface area contributed by atoms with Gasteiger partial charge in [-0.3, -0.25) is 4.79 Å². The van der Waals surface area contributed by atoms with Crippen LogP contribution in [-0.4, -0.2) is 5.91 Å². The number of anilines is 1. The lowest BCUT2D eigenvalue weighted by atomic mass is 10.1. The van der Waals surface area contributed by atoms with Crippen molar-refractivity contribution in [2.75, 3.05) is 5.32 Å². The van der Waals surface area contributed by atoms with Crippen molar-refractivity contribution in [1.29, 1.82) is 0 Å². The first kappa shape index (κ1) is 15.3. The number of nitrogens with one attached hydrogen (secondary N) is 2. The molecule has 0 saturated carbocycles. The second-order valence-electron chi connectivity index (χ2n) is 5.35. The first-order valence-corrected chi connectivity index (χ1v) is 7.12. The van der Waals surface area contributed by atoms with Crippen LogP contribution in [-0.2, 0) is 11.3 Å². The number of furan rings is 1. The molecule has 0 radical (unpaired) electrons. The summed E-state index contributed by atoms with van der Waals surface area (Å²) in [5, 5.41) is 6.24. The Labute approximate surface area is 125 Å². The smallest absolute Gasteiger partial charge is 0.221 e. The van der Waals surface area contributed by atoms with Gasteiger partial charge in [0.1, 0.15) is 11.5 Å². The van der Waals surface area contributed by atoms with Gasteiger partial charge in [0.25, 0.3) is 0 Å².